The molecule has 2 saturated carbocycles. The minimum Gasteiger partial charge on any atom is -0.481 e. The predicted molar refractivity (Wildman–Crippen MR) is 75.2 cm³/mol. The van der Waals surface area contributed by atoms with Crippen molar-refractivity contribution in [1.29, 1.82) is 0 Å². The first kappa shape index (κ1) is 14.1. The van der Waals surface area contributed by atoms with Gasteiger partial charge in [-0.3, -0.25) is 14.3 Å². The predicted octanol–water partition coefficient (Wildman–Crippen LogP) is 1.27. The third-order valence-corrected chi connectivity index (χ3v) is 4.98. The van der Waals surface area contributed by atoms with Crippen molar-refractivity contribution in [2.24, 2.45) is 23.7 Å². The number of amides is 1. The Balaban J connectivity index is 1.63. The van der Waals surface area contributed by atoms with Crippen LogP contribution in [0, 0.1) is 23.7 Å². The Morgan fingerprint density at radius 2 is 2.10 bits per heavy atom. The van der Waals surface area contributed by atoms with E-state index in [-0.39, 0.29) is 23.7 Å². The summed E-state index contributed by atoms with van der Waals surface area (Å²) in [7, 11) is 0. The zero-order valence-corrected chi connectivity index (χ0v) is 12.2. The molecule has 2 N–H and O–H groups in total. The standard InChI is InChI=1S/C15H21N3O3/c1-2-18-8-9(7-17-18)6-16-14(19)12-10-3-4-11(5-10)13(12)15(20)21/h7-8,10-13H,2-6H2,1H3,(H,16,19)(H,20,21)/t10-,11+,12-,13+/m1/s1. The highest BCUT2D eigenvalue weighted by atomic mass is 16.4. The quantitative estimate of drug-likeness (QED) is 0.855. The summed E-state index contributed by atoms with van der Waals surface area (Å²) in [6.45, 7) is 3.21. The first-order valence-electron chi connectivity index (χ1n) is 7.62. The van der Waals surface area contributed by atoms with E-state index in [4.69, 9.17) is 0 Å². The monoisotopic (exact) mass is 291 g/mol. The van der Waals surface area contributed by atoms with Gasteiger partial charge < -0.3 is 10.4 Å². The maximum Gasteiger partial charge on any atom is 0.307 e. The smallest absolute Gasteiger partial charge is 0.307 e. The minimum absolute atomic E-state index is 0.112. The van der Waals surface area contributed by atoms with Gasteiger partial charge in [-0.25, -0.2) is 0 Å². The lowest BCUT2D eigenvalue weighted by Gasteiger charge is -2.26. The molecule has 2 aliphatic rings. The Hall–Kier alpha value is -1.85. The van der Waals surface area contributed by atoms with E-state index in [0.29, 0.717) is 6.54 Å². The number of rotatable bonds is 5. The molecule has 0 aromatic carbocycles. The second kappa shape index (κ2) is 5.50. The van der Waals surface area contributed by atoms with E-state index in [2.05, 4.69) is 10.4 Å². The molecule has 21 heavy (non-hydrogen) atoms. The average molecular weight is 291 g/mol. The van der Waals surface area contributed by atoms with E-state index in [0.717, 1.165) is 31.4 Å². The van der Waals surface area contributed by atoms with Crippen LogP contribution in [0.15, 0.2) is 12.4 Å². The SMILES string of the molecule is CCn1cc(CNC(=O)[C@@H]2[C@@H]3CC[C@@H](C3)[C@@H]2C(=O)O)cn1. The van der Waals surface area contributed by atoms with E-state index < -0.39 is 11.9 Å². The van der Waals surface area contributed by atoms with Crippen molar-refractivity contribution in [3.63, 3.8) is 0 Å². The minimum atomic E-state index is -0.818. The van der Waals surface area contributed by atoms with Crippen LogP contribution >= 0.6 is 0 Å². The number of carboxylic acid groups (broad SMARTS) is 1. The van der Waals surface area contributed by atoms with Gasteiger partial charge in [-0.15, -0.1) is 0 Å². The van der Waals surface area contributed by atoms with Crippen molar-refractivity contribution in [1.82, 2.24) is 15.1 Å². The lowest BCUT2D eigenvalue weighted by atomic mass is 9.78. The highest BCUT2D eigenvalue weighted by Gasteiger charge is 2.53. The van der Waals surface area contributed by atoms with Crippen LogP contribution in [0.4, 0.5) is 0 Å². The molecular weight excluding hydrogens is 270 g/mol. The van der Waals surface area contributed by atoms with Crippen LogP contribution in [0.2, 0.25) is 0 Å². The first-order chi connectivity index (χ1) is 10.1. The molecule has 3 rings (SSSR count). The number of aliphatic carboxylic acids is 1. The molecule has 6 nitrogen and oxygen atoms in total. The second-order valence-corrected chi connectivity index (χ2v) is 6.15. The number of carbonyl (C=O) groups excluding carboxylic acids is 1. The van der Waals surface area contributed by atoms with E-state index in [1.54, 1.807) is 10.9 Å². The number of fused-ring (bicyclic) bond motifs is 2. The van der Waals surface area contributed by atoms with Crippen molar-refractivity contribution in [2.45, 2.75) is 39.3 Å². The van der Waals surface area contributed by atoms with Gasteiger partial charge in [0, 0.05) is 24.8 Å². The van der Waals surface area contributed by atoms with Gasteiger partial charge in [0.25, 0.3) is 0 Å². The van der Waals surface area contributed by atoms with Crippen LogP contribution in [0.5, 0.6) is 0 Å². The Kier molecular flexibility index (Phi) is 3.69. The van der Waals surface area contributed by atoms with Crippen molar-refractivity contribution in [3.05, 3.63) is 18.0 Å². The molecule has 6 heteroatoms. The molecule has 0 spiro atoms. The van der Waals surface area contributed by atoms with Crippen LogP contribution in [0.25, 0.3) is 0 Å². The van der Waals surface area contributed by atoms with E-state index >= 15 is 0 Å². The number of nitrogens with one attached hydrogen (secondary N) is 1. The Labute approximate surface area is 123 Å². The van der Waals surface area contributed by atoms with Crippen LogP contribution in [0.3, 0.4) is 0 Å². The van der Waals surface area contributed by atoms with Gasteiger partial charge >= 0.3 is 5.97 Å². The molecule has 0 radical (unpaired) electrons. The van der Waals surface area contributed by atoms with Gasteiger partial charge in [-0.1, -0.05) is 0 Å². The van der Waals surface area contributed by atoms with Crippen molar-refractivity contribution < 1.29 is 14.7 Å². The fraction of sp³-hybridized carbons (Fsp3) is 0.667. The van der Waals surface area contributed by atoms with Gasteiger partial charge in [-0.05, 0) is 38.0 Å². The number of carboxylic acids is 1. The number of carbonyl (C=O) groups is 2. The van der Waals surface area contributed by atoms with E-state index in [1.165, 1.54) is 0 Å². The first-order valence-corrected chi connectivity index (χ1v) is 7.62. The molecule has 0 saturated heterocycles. The maximum absolute atomic E-state index is 12.4. The van der Waals surface area contributed by atoms with Gasteiger partial charge in [-0.2, -0.15) is 5.10 Å². The molecule has 0 aliphatic heterocycles. The summed E-state index contributed by atoms with van der Waals surface area (Å²) >= 11 is 0. The average Bonchev–Trinajstić information content (AvgIpc) is 3.18. The number of aryl methyl sites for hydroxylation is 1. The van der Waals surface area contributed by atoms with Crippen LogP contribution in [-0.4, -0.2) is 26.8 Å². The zero-order valence-electron chi connectivity index (χ0n) is 12.2. The Morgan fingerprint density at radius 3 is 2.71 bits per heavy atom. The molecule has 0 unspecified atom stereocenters. The lowest BCUT2D eigenvalue weighted by Crippen LogP contribution is -2.41. The summed E-state index contributed by atoms with van der Waals surface area (Å²) in [5.41, 5.74) is 0.945. The van der Waals surface area contributed by atoms with Crippen LogP contribution < -0.4 is 5.32 Å². The van der Waals surface area contributed by atoms with Crippen molar-refractivity contribution in [3.8, 4) is 0 Å². The van der Waals surface area contributed by atoms with Crippen LogP contribution in [0.1, 0.15) is 31.7 Å². The topological polar surface area (TPSA) is 84.2 Å². The third-order valence-electron chi connectivity index (χ3n) is 4.98. The molecule has 2 fully saturated rings. The highest BCUT2D eigenvalue weighted by Crippen LogP contribution is 2.52. The molecule has 1 amide bonds. The summed E-state index contributed by atoms with van der Waals surface area (Å²) in [5, 5.41) is 16.4. The molecule has 2 bridgehead atoms. The molecular formula is C15H21N3O3. The summed E-state index contributed by atoms with van der Waals surface area (Å²) in [5.74, 6) is -1.36. The largest absolute Gasteiger partial charge is 0.481 e. The van der Waals surface area contributed by atoms with Crippen molar-refractivity contribution >= 4 is 11.9 Å². The van der Waals surface area contributed by atoms with Crippen LogP contribution in [-0.2, 0) is 22.7 Å². The maximum atomic E-state index is 12.4. The number of hydrogen-bond acceptors (Lipinski definition) is 3. The normalized spacial score (nSPS) is 30.5. The Bertz CT molecular complexity index is 554. The van der Waals surface area contributed by atoms with Crippen molar-refractivity contribution in [2.75, 3.05) is 0 Å². The van der Waals surface area contributed by atoms with Gasteiger partial charge in [0.05, 0.1) is 18.0 Å². The third kappa shape index (κ3) is 2.54. The Morgan fingerprint density at radius 1 is 1.38 bits per heavy atom. The molecule has 4 atom stereocenters. The molecule has 2 aliphatic carbocycles. The van der Waals surface area contributed by atoms with Gasteiger partial charge in [0.15, 0.2) is 0 Å². The molecule has 1 aromatic heterocycles. The summed E-state index contributed by atoms with van der Waals surface area (Å²) in [4.78, 5) is 23.8. The lowest BCUT2D eigenvalue weighted by molar-refractivity contribution is -0.149. The van der Waals surface area contributed by atoms with Gasteiger partial charge in [0.1, 0.15) is 0 Å². The van der Waals surface area contributed by atoms with Gasteiger partial charge in [0.2, 0.25) is 5.91 Å². The molecule has 1 aromatic rings. The highest BCUT2D eigenvalue weighted by molar-refractivity contribution is 5.86. The second-order valence-electron chi connectivity index (χ2n) is 6.15. The summed E-state index contributed by atoms with van der Waals surface area (Å²) < 4.78 is 1.80. The molecule has 1 heterocycles. The van der Waals surface area contributed by atoms with E-state index in [1.807, 2.05) is 13.1 Å². The zero-order chi connectivity index (χ0) is 15.0. The summed E-state index contributed by atoms with van der Waals surface area (Å²) in [6.07, 6.45) is 6.47. The fourth-order valence-corrected chi connectivity index (χ4v) is 4.00. The summed E-state index contributed by atoms with van der Waals surface area (Å²) in [6, 6.07) is 0. The number of nitrogens with zero attached hydrogens (tertiary/aromatic N) is 2. The van der Waals surface area contributed by atoms with E-state index in [9.17, 15) is 14.7 Å². The molecule has 114 valence electrons. The number of hydrogen-bond donors (Lipinski definition) is 2. The number of aromatic nitrogens is 2. The fourth-order valence-electron chi connectivity index (χ4n) is 4.00.